The first kappa shape index (κ1) is 17.2. The summed E-state index contributed by atoms with van der Waals surface area (Å²) in [6, 6.07) is 19.3. The predicted molar refractivity (Wildman–Crippen MR) is 105 cm³/mol. The lowest BCUT2D eigenvalue weighted by Crippen LogP contribution is -2.21. The zero-order chi connectivity index (χ0) is 17.6. The standard InChI is InChI=1S/C23H26NO/c1-4-25-17-22-20(18-11-6-5-7-12-18)16-10-14-19-13-8-9-15-21(19)23(22)24(2)3/h5-9,11-13,15-17H,4,10,14H2,1-3H3/q+1/b20-16-,22-17+. The number of fused-ring (bicyclic) bond motifs is 1. The summed E-state index contributed by atoms with van der Waals surface area (Å²) < 4.78 is 7.97. The Labute approximate surface area is 150 Å². The fourth-order valence-corrected chi connectivity index (χ4v) is 3.38. The summed E-state index contributed by atoms with van der Waals surface area (Å²) >= 11 is 0. The molecule has 0 saturated carbocycles. The Morgan fingerprint density at radius 3 is 2.44 bits per heavy atom. The smallest absolute Gasteiger partial charge is 0.218 e. The van der Waals surface area contributed by atoms with Gasteiger partial charge in [-0.05, 0) is 42.5 Å². The van der Waals surface area contributed by atoms with Crippen molar-refractivity contribution in [2.45, 2.75) is 19.8 Å². The van der Waals surface area contributed by atoms with E-state index in [1.807, 2.05) is 13.2 Å². The van der Waals surface area contributed by atoms with E-state index in [0.717, 1.165) is 18.4 Å². The van der Waals surface area contributed by atoms with E-state index < -0.39 is 0 Å². The summed E-state index contributed by atoms with van der Waals surface area (Å²) in [5, 5.41) is 0. The van der Waals surface area contributed by atoms with E-state index >= 15 is 0 Å². The third kappa shape index (κ3) is 3.74. The van der Waals surface area contributed by atoms with Gasteiger partial charge in [0.1, 0.15) is 14.1 Å². The van der Waals surface area contributed by atoms with E-state index in [4.69, 9.17) is 4.74 Å². The van der Waals surface area contributed by atoms with Crippen LogP contribution < -0.4 is 0 Å². The molecule has 2 aromatic rings. The van der Waals surface area contributed by atoms with Crippen LogP contribution in [0.4, 0.5) is 0 Å². The van der Waals surface area contributed by atoms with Crippen LogP contribution in [0.3, 0.4) is 0 Å². The van der Waals surface area contributed by atoms with Gasteiger partial charge in [-0.2, -0.15) is 0 Å². The minimum absolute atomic E-state index is 0.661. The fraction of sp³-hybridized carbons (Fsp3) is 0.261. The molecule has 2 heteroatoms. The van der Waals surface area contributed by atoms with Gasteiger partial charge < -0.3 is 4.74 Å². The number of rotatable bonds is 3. The first-order valence-corrected chi connectivity index (χ1v) is 8.93. The highest BCUT2D eigenvalue weighted by molar-refractivity contribution is 6.19. The van der Waals surface area contributed by atoms with Gasteiger partial charge >= 0.3 is 0 Å². The van der Waals surface area contributed by atoms with Crippen LogP contribution in [0, 0.1) is 0 Å². The molecular weight excluding hydrogens is 306 g/mol. The minimum atomic E-state index is 0.661. The number of benzene rings is 2. The lowest BCUT2D eigenvalue weighted by atomic mass is 9.85. The van der Waals surface area contributed by atoms with Gasteiger partial charge in [0, 0.05) is 5.56 Å². The molecule has 0 spiro atoms. The van der Waals surface area contributed by atoms with Crippen LogP contribution in [0.15, 0.2) is 72.5 Å². The molecule has 0 atom stereocenters. The Kier molecular flexibility index (Phi) is 5.49. The molecule has 0 heterocycles. The Morgan fingerprint density at radius 1 is 1.00 bits per heavy atom. The highest BCUT2D eigenvalue weighted by Gasteiger charge is 2.26. The zero-order valence-corrected chi connectivity index (χ0v) is 15.3. The monoisotopic (exact) mass is 332 g/mol. The second-order valence-electron chi connectivity index (χ2n) is 6.41. The number of aryl methyl sites for hydroxylation is 1. The number of allylic oxidation sites excluding steroid dienone is 3. The molecule has 0 radical (unpaired) electrons. The highest BCUT2D eigenvalue weighted by Crippen LogP contribution is 2.31. The van der Waals surface area contributed by atoms with E-state index in [9.17, 15) is 0 Å². The second kappa shape index (κ2) is 7.98. The normalized spacial score (nSPS) is 18.0. The maximum Gasteiger partial charge on any atom is 0.218 e. The molecule has 0 aromatic heterocycles. The Hall–Kier alpha value is -2.61. The van der Waals surface area contributed by atoms with Gasteiger partial charge in [-0.15, -0.1) is 0 Å². The number of ether oxygens (including phenoxy) is 1. The first-order valence-electron chi connectivity index (χ1n) is 8.93. The quantitative estimate of drug-likeness (QED) is 0.586. The average molecular weight is 332 g/mol. The lowest BCUT2D eigenvalue weighted by molar-refractivity contribution is -0.463. The molecule has 0 amide bonds. The second-order valence-corrected chi connectivity index (χ2v) is 6.41. The molecule has 0 N–H and O–H groups in total. The molecule has 128 valence electrons. The maximum atomic E-state index is 5.77. The summed E-state index contributed by atoms with van der Waals surface area (Å²) in [6.45, 7) is 2.68. The molecular formula is C23H26NO+. The summed E-state index contributed by atoms with van der Waals surface area (Å²) in [6.07, 6.45) is 6.34. The molecule has 0 saturated heterocycles. The van der Waals surface area contributed by atoms with Crippen LogP contribution in [0.1, 0.15) is 30.0 Å². The van der Waals surface area contributed by atoms with Gasteiger partial charge in [0.15, 0.2) is 0 Å². The molecule has 0 bridgehead atoms. The Morgan fingerprint density at radius 2 is 1.72 bits per heavy atom. The van der Waals surface area contributed by atoms with Gasteiger partial charge in [-0.1, -0.05) is 54.6 Å². The summed E-state index contributed by atoms with van der Waals surface area (Å²) in [7, 11) is 4.21. The molecule has 0 unspecified atom stereocenters. The summed E-state index contributed by atoms with van der Waals surface area (Å²) in [5.74, 6) is 0. The van der Waals surface area contributed by atoms with Crippen LogP contribution in [0.25, 0.3) is 5.57 Å². The summed E-state index contributed by atoms with van der Waals surface area (Å²) in [4.78, 5) is 0. The molecule has 2 nitrogen and oxygen atoms in total. The van der Waals surface area contributed by atoms with Crippen LogP contribution in [-0.2, 0) is 11.2 Å². The Bertz CT molecular complexity index is 824. The molecule has 25 heavy (non-hydrogen) atoms. The van der Waals surface area contributed by atoms with Crippen molar-refractivity contribution in [1.82, 2.24) is 0 Å². The number of hydrogen-bond donors (Lipinski definition) is 0. The Balaban J connectivity index is 2.23. The maximum absolute atomic E-state index is 5.77. The highest BCUT2D eigenvalue weighted by atomic mass is 16.5. The fourth-order valence-electron chi connectivity index (χ4n) is 3.38. The van der Waals surface area contributed by atoms with Crippen molar-refractivity contribution >= 4 is 11.3 Å². The van der Waals surface area contributed by atoms with E-state index in [1.165, 1.54) is 28.0 Å². The first-order chi connectivity index (χ1) is 12.2. The third-order valence-electron chi connectivity index (χ3n) is 4.48. The van der Waals surface area contributed by atoms with Gasteiger partial charge in [-0.3, -0.25) is 0 Å². The van der Waals surface area contributed by atoms with Gasteiger partial charge in [-0.25, -0.2) is 4.58 Å². The lowest BCUT2D eigenvalue weighted by Gasteiger charge is -2.19. The van der Waals surface area contributed by atoms with Gasteiger partial charge in [0.25, 0.3) is 0 Å². The van der Waals surface area contributed by atoms with Crippen molar-refractivity contribution in [3.8, 4) is 0 Å². The van der Waals surface area contributed by atoms with E-state index in [2.05, 4.69) is 79.3 Å². The minimum Gasteiger partial charge on any atom is -0.501 e. The predicted octanol–water partition coefficient (Wildman–Crippen LogP) is 4.70. The molecule has 1 aliphatic carbocycles. The van der Waals surface area contributed by atoms with Crippen molar-refractivity contribution < 1.29 is 9.31 Å². The third-order valence-corrected chi connectivity index (χ3v) is 4.48. The molecule has 0 aliphatic heterocycles. The van der Waals surface area contributed by atoms with E-state index in [-0.39, 0.29) is 0 Å². The van der Waals surface area contributed by atoms with Crippen molar-refractivity contribution in [3.05, 3.63) is 89.2 Å². The SMILES string of the molecule is CCO/C=C1C(=[N+](C)C)c2ccccc2CC\C=C/1c1ccccc1. The van der Waals surface area contributed by atoms with E-state index in [0.29, 0.717) is 6.61 Å². The topological polar surface area (TPSA) is 12.2 Å². The largest absolute Gasteiger partial charge is 0.501 e. The molecule has 0 fully saturated rings. The van der Waals surface area contributed by atoms with Crippen molar-refractivity contribution in [2.75, 3.05) is 20.7 Å². The number of nitrogens with zero attached hydrogens (tertiary/aromatic N) is 1. The molecule has 3 rings (SSSR count). The van der Waals surface area contributed by atoms with Gasteiger partial charge in [0.05, 0.1) is 18.4 Å². The van der Waals surface area contributed by atoms with E-state index in [1.54, 1.807) is 0 Å². The van der Waals surface area contributed by atoms with Crippen LogP contribution in [0.5, 0.6) is 0 Å². The molecule has 1 aliphatic rings. The van der Waals surface area contributed by atoms with Crippen LogP contribution >= 0.6 is 0 Å². The van der Waals surface area contributed by atoms with Crippen molar-refractivity contribution in [3.63, 3.8) is 0 Å². The summed E-state index contributed by atoms with van der Waals surface area (Å²) in [5.41, 5.74) is 7.50. The van der Waals surface area contributed by atoms with Crippen LogP contribution in [0.2, 0.25) is 0 Å². The van der Waals surface area contributed by atoms with Gasteiger partial charge in [0.2, 0.25) is 5.71 Å². The van der Waals surface area contributed by atoms with Crippen molar-refractivity contribution in [1.29, 1.82) is 0 Å². The molecule has 2 aromatic carbocycles. The van der Waals surface area contributed by atoms with Crippen molar-refractivity contribution in [2.24, 2.45) is 0 Å². The van der Waals surface area contributed by atoms with Crippen LogP contribution in [-0.4, -0.2) is 31.0 Å². The zero-order valence-electron chi connectivity index (χ0n) is 15.3. The number of hydrogen-bond acceptors (Lipinski definition) is 1. The average Bonchev–Trinajstić information content (AvgIpc) is 2.62.